The Morgan fingerprint density at radius 1 is 0.889 bits per heavy atom. The molecule has 1 saturated heterocycles. The quantitative estimate of drug-likeness (QED) is 0.671. The fourth-order valence-electron chi connectivity index (χ4n) is 3.58. The van der Waals surface area contributed by atoms with E-state index in [4.69, 9.17) is 9.47 Å². The highest BCUT2D eigenvalue weighted by molar-refractivity contribution is 5.84. The zero-order valence-corrected chi connectivity index (χ0v) is 15.7. The zero-order valence-electron chi connectivity index (χ0n) is 15.7. The van der Waals surface area contributed by atoms with Crippen molar-refractivity contribution in [3.05, 3.63) is 60.8 Å². The number of anilines is 1. The van der Waals surface area contributed by atoms with Gasteiger partial charge in [-0.1, -0.05) is 30.3 Å². The maximum atomic E-state index is 6.03. The molecule has 5 nitrogen and oxygen atoms in total. The summed E-state index contributed by atoms with van der Waals surface area (Å²) in [7, 11) is 1.73. The van der Waals surface area contributed by atoms with Gasteiger partial charge >= 0.3 is 0 Å². The lowest BCUT2D eigenvalue weighted by Gasteiger charge is -2.36. The van der Waals surface area contributed by atoms with Gasteiger partial charge < -0.3 is 14.4 Å². The Bertz CT molecular complexity index is 886. The molecule has 0 amide bonds. The average molecular weight is 363 g/mol. The average Bonchev–Trinajstić information content (AvgIpc) is 2.74. The lowest BCUT2D eigenvalue weighted by atomic mass is 10.2. The van der Waals surface area contributed by atoms with Crippen LogP contribution in [-0.4, -0.2) is 56.3 Å². The second-order valence-corrected chi connectivity index (χ2v) is 6.68. The maximum Gasteiger partial charge on any atom is 0.145 e. The number of hydrogen-bond donors (Lipinski definition) is 0. The summed E-state index contributed by atoms with van der Waals surface area (Å²) in [5, 5.41) is 1.11. The number of fused-ring (bicyclic) bond motifs is 1. The van der Waals surface area contributed by atoms with Gasteiger partial charge in [0.25, 0.3) is 0 Å². The molecule has 3 aromatic rings. The molecule has 1 fully saturated rings. The van der Waals surface area contributed by atoms with Crippen molar-refractivity contribution in [1.82, 2.24) is 9.88 Å². The van der Waals surface area contributed by atoms with Crippen LogP contribution in [0, 0.1) is 0 Å². The number of benzene rings is 2. The van der Waals surface area contributed by atoms with Crippen LogP contribution in [0.15, 0.2) is 60.8 Å². The summed E-state index contributed by atoms with van der Waals surface area (Å²) in [4.78, 5) is 9.29. The summed E-state index contributed by atoms with van der Waals surface area (Å²) in [6.45, 7) is 5.63. The fourth-order valence-corrected chi connectivity index (χ4v) is 3.58. The first kappa shape index (κ1) is 17.6. The van der Waals surface area contributed by atoms with Crippen molar-refractivity contribution in [2.45, 2.75) is 0 Å². The Balaban J connectivity index is 1.30. The van der Waals surface area contributed by atoms with Crippen molar-refractivity contribution in [3.8, 4) is 11.5 Å². The standard InChI is InChI=1S/C22H25N3O2/c1-26-20-9-3-2-8-19(20)25-14-12-24(13-15-25)16-17-27-21-10-4-6-18-7-5-11-23-22(18)21/h2-11H,12-17H2,1H3. The van der Waals surface area contributed by atoms with E-state index in [-0.39, 0.29) is 0 Å². The highest BCUT2D eigenvalue weighted by Crippen LogP contribution is 2.28. The summed E-state index contributed by atoms with van der Waals surface area (Å²) in [5.74, 6) is 1.80. The number of hydrogen-bond acceptors (Lipinski definition) is 5. The van der Waals surface area contributed by atoms with Gasteiger partial charge in [-0.2, -0.15) is 0 Å². The van der Waals surface area contributed by atoms with Gasteiger partial charge in [0.1, 0.15) is 23.6 Å². The van der Waals surface area contributed by atoms with E-state index in [1.807, 2.05) is 36.5 Å². The molecule has 0 bridgehead atoms. The van der Waals surface area contributed by atoms with Crippen molar-refractivity contribution < 1.29 is 9.47 Å². The van der Waals surface area contributed by atoms with Crippen molar-refractivity contribution in [2.24, 2.45) is 0 Å². The van der Waals surface area contributed by atoms with Gasteiger partial charge in [-0.15, -0.1) is 0 Å². The monoisotopic (exact) mass is 363 g/mol. The molecule has 0 aliphatic carbocycles. The van der Waals surface area contributed by atoms with E-state index in [1.165, 1.54) is 5.69 Å². The van der Waals surface area contributed by atoms with E-state index in [0.717, 1.165) is 55.1 Å². The Kier molecular flexibility index (Phi) is 5.39. The first-order chi connectivity index (χ1) is 13.3. The van der Waals surface area contributed by atoms with Crippen LogP contribution in [0.4, 0.5) is 5.69 Å². The molecule has 0 saturated carbocycles. The second kappa shape index (κ2) is 8.27. The molecule has 27 heavy (non-hydrogen) atoms. The number of ether oxygens (including phenoxy) is 2. The molecular weight excluding hydrogens is 338 g/mol. The molecule has 1 aromatic heterocycles. The molecule has 5 heteroatoms. The molecule has 0 atom stereocenters. The minimum atomic E-state index is 0.671. The smallest absolute Gasteiger partial charge is 0.145 e. The molecule has 1 aliphatic heterocycles. The van der Waals surface area contributed by atoms with Gasteiger partial charge in [-0.3, -0.25) is 9.88 Å². The SMILES string of the molecule is COc1ccccc1N1CCN(CCOc2cccc3cccnc23)CC1. The topological polar surface area (TPSA) is 37.8 Å². The third-order valence-electron chi connectivity index (χ3n) is 5.06. The summed E-state index contributed by atoms with van der Waals surface area (Å²) in [6.07, 6.45) is 1.81. The highest BCUT2D eigenvalue weighted by atomic mass is 16.5. The fraction of sp³-hybridized carbons (Fsp3) is 0.318. The number of piperazine rings is 1. The maximum absolute atomic E-state index is 6.03. The summed E-state index contributed by atoms with van der Waals surface area (Å²) >= 11 is 0. The summed E-state index contributed by atoms with van der Waals surface area (Å²) in [6, 6.07) is 18.3. The van der Waals surface area contributed by atoms with E-state index < -0.39 is 0 Å². The van der Waals surface area contributed by atoms with Gasteiger partial charge in [-0.05, 0) is 24.3 Å². The van der Waals surface area contributed by atoms with Crippen molar-refractivity contribution >= 4 is 16.6 Å². The molecule has 0 unspecified atom stereocenters. The first-order valence-corrected chi connectivity index (χ1v) is 9.42. The van der Waals surface area contributed by atoms with Crippen LogP contribution in [-0.2, 0) is 0 Å². The van der Waals surface area contributed by atoms with Gasteiger partial charge in [0.05, 0.1) is 12.8 Å². The van der Waals surface area contributed by atoms with E-state index in [1.54, 1.807) is 7.11 Å². The van der Waals surface area contributed by atoms with Crippen LogP contribution in [0.2, 0.25) is 0 Å². The van der Waals surface area contributed by atoms with Crippen LogP contribution in [0.1, 0.15) is 0 Å². The van der Waals surface area contributed by atoms with E-state index in [0.29, 0.717) is 6.61 Å². The lowest BCUT2D eigenvalue weighted by Crippen LogP contribution is -2.47. The molecule has 1 aliphatic rings. The zero-order chi connectivity index (χ0) is 18.5. The first-order valence-electron chi connectivity index (χ1n) is 9.42. The van der Waals surface area contributed by atoms with Crippen molar-refractivity contribution in [2.75, 3.05) is 51.3 Å². The van der Waals surface area contributed by atoms with Gasteiger partial charge in [0.15, 0.2) is 0 Å². The van der Waals surface area contributed by atoms with Gasteiger partial charge in [0.2, 0.25) is 0 Å². The molecule has 0 N–H and O–H groups in total. The van der Waals surface area contributed by atoms with Gasteiger partial charge in [-0.25, -0.2) is 0 Å². The van der Waals surface area contributed by atoms with E-state index in [2.05, 4.69) is 39.0 Å². The van der Waals surface area contributed by atoms with Crippen molar-refractivity contribution in [3.63, 3.8) is 0 Å². The Morgan fingerprint density at radius 2 is 1.67 bits per heavy atom. The number of para-hydroxylation sites is 3. The molecule has 0 spiro atoms. The van der Waals surface area contributed by atoms with Crippen LogP contribution in [0.5, 0.6) is 11.5 Å². The number of rotatable bonds is 6. The third kappa shape index (κ3) is 3.98. The Morgan fingerprint density at radius 3 is 2.52 bits per heavy atom. The normalized spacial score (nSPS) is 15.1. The lowest BCUT2D eigenvalue weighted by molar-refractivity contribution is 0.201. The summed E-state index contributed by atoms with van der Waals surface area (Å²) in [5.41, 5.74) is 2.11. The van der Waals surface area contributed by atoms with Gasteiger partial charge in [0, 0.05) is 44.3 Å². The largest absolute Gasteiger partial charge is 0.495 e. The number of aromatic nitrogens is 1. The number of pyridine rings is 1. The minimum Gasteiger partial charge on any atom is -0.495 e. The highest BCUT2D eigenvalue weighted by Gasteiger charge is 2.19. The minimum absolute atomic E-state index is 0.671. The predicted molar refractivity (Wildman–Crippen MR) is 109 cm³/mol. The van der Waals surface area contributed by atoms with Crippen molar-refractivity contribution in [1.29, 1.82) is 0 Å². The molecule has 2 heterocycles. The number of methoxy groups -OCH3 is 1. The second-order valence-electron chi connectivity index (χ2n) is 6.68. The van der Waals surface area contributed by atoms with Crippen LogP contribution in [0.3, 0.4) is 0 Å². The third-order valence-corrected chi connectivity index (χ3v) is 5.06. The summed E-state index contributed by atoms with van der Waals surface area (Å²) < 4.78 is 11.5. The Hall–Kier alpha value is -2.79. The molecule has 2 aromatic carbocycles. The van der Waals surface area contributed by atoms with Crippen LogP contribution in [0.25, 0.3) is 10.9 Å². The Labute approximate surface area is 160 Å². The number of nitrogens with zero attached hydrogens (tertiary/aromatic N) is 3. The molecular formula is C22H25N3O2. The van der Waals surface area contributed by atoms with Crippen LogP contribution < -0.4 is 14.4 Å². The van der Waals surface area contributed by atoms with Crippen LogP contribution >= 0.6 is 0 Å². The molecule has 4 rings (SSSR count). The predicted octanol–water partition coefficient (Wildman–Crippen LogP) is 3.44. The molecule has 0 radical (unpaired) electrons. The molecule has 140 valence electrons. The van der Waals surface area contributed by atoms with E-state index in [9.17, 15) is 0 Å². The van der Waals surface area contributed by atoms with E-state index >= 15 is 0 Å².